The molecule has 4 heteroatoms. The van der Waals surface area contributed by atoms with Gasteiger partial charge in [-0.15, -0.1) is 0 Å². The molecule has 18 heavy (non-hydrogen) atoms. The molecule has 0 heterocycles. The van der Waals surface area contributed by atoms with Crippen LogP contribution in [0, 0.1) is 12.7 Å². The number of ketones is 1. The molecule has 0 bridgehead atoms. The molecule has 0 spiro atoms. The molecule has 0 aromatic heterocycles. The minimum absolute atomic E-state index is 0.111. The minimum Gasteiger partial charge on any atom is -0.508 e. The monoisotopic (exact) mass is 246 g/mol. The lowest BCUT2D eigenvalue weighted by atomic mass is 9.98. The van der Waals surface area contributed by atoms with Gasteiger partial charge in [-0.1, -0.05) is 0 Å². The van der Waals surface area contributed by atoms with Gasteiger partial charge in [0.25, 0.3) is 0 Å². The Labute approximate surface area is 103 Å². The van der Waals surface area contributed by atoms with E-state index in [1.165, 1.54) is 30.3 Å². The average molecular weight is 246 g/mol. The van der Waals surface area contributed by atoms with Crippen molar-refractivity contribution in [2.75, 3.05) is 0 Å². The second-order valence-corrected chi connectivity index (χ2v) is 3.99. The van der Waals surface area contributed by atoms with Crippen molar-refractivity contribution in [1.82, 2.24) is 0 Å². The normalized spacial score (nSPS) is 10.3. The number of carbonyl (C=O) groups excluding carboxylic acids is 1. The van der Waals surface area contributed by atoms with Crippen molar-refractivity contribution in [3.8, 4) is 11.5 Å². The number of hydrogen-bond acceptors (Lipinski definition) is 3. The highest BCUT2D eigenvalue weighted by Crippen LogP contribution is 2.28. The second-order valence-electron chi connectivity index (χ2n) is 3.99. The van der Waals surface area contributed by atoms with E-state index >= 15 is 0 Å². The zero-order valence-corrected chi connectivity index (χ0v) is 9.64. The molecule has 0 aliphatic carbocycles. The summed E-state index contributed by atoms with van der Waals surface area (Å²) in [6, 6.07) is 7.55. The first-order valence-corrected chi connectivity index (χ1v) is 5.32. The van der Waals surface area contributed by atoms with E-state index in [1.54, 1.807) is 6.92 Å². The molecule has 0 saturated carbocycles. The van der Waals surface area contributed by atoms with Crippen LogP contribution in [0.5, 0.6) is 11.5 Å². The third kappa shape index (κ3) is 2.18. The Bertz CT molecular complexity index is 580. The third-order valence-electron chi connectivity index (χ3n) is 2.63. The number of halogens is 1. The number of rotatable bonds is 2. The summed E-state index contributed by atoms with van der Waals surface area (Å²) in [6.07, 6.45) is 0. The molecule has 0 amide bonds. The molecule has 3 nitrogen and oxygen atoms in total. The number of carbonyl (C=O) groups is 1. The van der Waals surface area contributed by atoms with Gasteiger partial charge in [0.15, 0.2) is 5.78 Å². The number of aromatic hydroxyl groups is 2. The minimum atomic E-state index is -0.432. The smallest absolute Gasteiger partial charge is 0.197 e. The van der Waals surface area contributed by atoms with E-state index in [0.29, 0.717) is 5.56 Å². The predicted molar refractivity (Wildman–Crippen MR) is 64.3 cm³/mol. The van der Waals surface area contributed by atoms with E-state index in [4.69, 9.17) is 0 Å². The van der Waals surface area contributed by atoms with E-state index in [9.17, 15) is 19.4 Å². The van der Waals surface area contributed by atoms with E-state index in [-0.39, 0.29) is 22.6 Å². The van der Waals surface area contributed by atoms with Crippen molar-refractivity contribution < 1.29 is 19.4 Å². The molecule has 0 saturated heterocycles. The van der Waals surface area contributed by atoms with Crippen LogP contribution in [0.4, 0.5) is 4.39 Å². The summed E-state index contributed by atoms with van der Waals surface area (Å²) < 4.78 is 12.8. The molecule has 0 unspecified atom stereocenters. The van der Waals surface area contributed by atoms with Crippen LogP contribution in [0.25, 0.3) is 0 Å². The summed E-state index contributed by atoms with van der Waals surface area (Å²) >= 11 is 0. The van der Waals surface area contributed by atoms with Gasteiger partial charge in [0, 0.05) is 11.6 Å². The lowest BCUT2D eigenvalue weighted by Gasteiger charge is -2.08. The lowest BCUT2D eigenvalue weighted by molar-refractivity contribution is 0.103. The summed E-state index contributed by atoms with van der Waals surface area (Å²) in [7, 11) is 0. The molecule has 0 atom stereocenters. The first-order chi connectivity index (χ1) is 8.49. The molecule has 2 aromatic rings. The first-order valence-electron chi connectivity index (χ1n) is 5.32. The van der Waals surface area contributed by atoms with Crippen molar-refractivity contribution in [2.45, 2.75) is 6.92 Å². The summed E-state index contributed by atoms with van der Waals surface area (Å²) in [5, 5.41) is 19.0. The Kier molecular flexibility index (Phi) is 3.02. The van der Waals surface area contributed by atoms with Crippen LogP contribution >= 0.6 is 0 Å². The van der Waals surface area contributed by atoms with Crippen molar-refractivity contribution in [3.63, 3.8) is 0 Å². The Morgan fingerprint density at radius 3 is 2.28 bits per heavy atom. The second kappa shape index (κ2) is 4.49. The van der Waals surface area contributed by atoms with E-state index in [2.05, 4.69) is 0 Å². The van der Waals surface area contributed by atoms with Crippen LogP contribution in [-0.4, -0.2) is 16.0 Å². The maximum Gasteiger partial charge on any atom is 0.197 e. The van der Waals surface area contributed by atoms with E-state index in [0.717, 1.165) is 6.07 Å². The highest BCUT2D eigenvalue weighted by atomic mass is 19.1. The number of aryl methyl sites for hydroxylation is 1. The predicted octanol–water partition coefficient (Wildman–Crippen LogP) is 2.78. The molecule has 0 fully saturated rings. The largest absolute Gasteiger partial charge is 0.508 e. The zero-order chi connectivity index (χ0) is 13.3. The SMILES string of the molecule is Cc1cc(O)cc(O)c1C(=O)c1ccc(F)cc1. The fourth-order valence-corrected chi connectivity index (χ4v) is 1.79. The van der Waals surface area contributed by atoms with Crippen molar-refractivity contribution in [2.24, 2.45) is 0 Å². The van der Waals surface area contributed by atoms with Crippen molar-refractivity contribution in [3.05, 3.63) is 58.9 Å². The fourth-order valence-electron chi connectivity index (χ4n) is 1.79. The first kappa shape index (κ1) is 12.1. The third-order valence-corrected chi connectivity index (χ3v) is 2.63. The number of phenols is 2. The number of hydrogen-bond donors (Lipinski definition) is 2. The van der Waals surface area contributed by atoms with Crippen LogP contribution in [0.3, 0.4) is 0 Å². The van der Waals surface area contributed by atoms with Crippen molar-refractivity contribution >= 4 is 5.78 Å². The van der Waals surface area contributed by atoms with Crippen molar-refractivity contribution in [1.29, 1.82) is 0 Å². The molecular weight excluding hydrogens is 235 g/mol. The Hall–Kier alpha value is -2.36. The lowest BCUT2D eigenvalue weighted by Crippen LogP contribution is -2.04. The molecule has 2 rings (SSSR count). The topological polar surface area (TPSA) is 57.5 Å². The molecule has 2 aromatic carbocycles. The molecule has 0 aliphatic rings. The standard InChI is InChI=1S/C14H11FO3/c1-8-6-11(16)7-12(17)13(8)14(18)9-2-4-10(15)5-3-9/h2-7,16-17H,1H3. The summed E-state index contributed by atoms with van der Waals surface area (Å²) in [5.41, 5.74) is 0.849. The van der Waals surface area contributed by atoms with Gasteiger partial charge in [-0.25, -0.2) is 4.39 Å². The highest BCUT2D eigenvalue weighted by Gasteiger charge is 2.17. The summed E-state index contributed by atoms with van der Waals surface area (Å²) in [5.74, 6) is -1.24. The van der Waals surface area contributed by atoms with Gasteiger partial charge in [0.1, 0.15) is 17.3 Å². The van der Waals surface area contributed by atoms with Crippen LogP contribution in [0.15, 0.2) is 36.4 Å². The van der Waals surface area contributed by atoms with Gasteiger partial charge in [-0.2, -0.15) is 0 Å². The van der Waals surface area contributed by atoms with E-state index < -0.39 is 11.6 Å². The number of benzene rings is 2. The van der Waals surface area contributed by atoms with Gasteiger partial charge >= 0.3 is 0 Å². The fraction of sp³-hybridized carbons (Fsp3) is 0.0714. The van der Waals surface area contributed by atoms with Gasteiger partial charge in [-0.3, -0.25) is 4.79 Å². The highest BCUT2D eigenvalue weighted by molar-refractivity contribution is 6.11. The van der Waals surface area contributed by atoms with Gasteiger partial charge in [-0.05, 0) is 42.8 Å². The Balaban J connectivity index is 2.49. The number of phenolic OH excluding ortho intramolecular Hbond substituents is 2. The van der Waals surface area contributed by atoms with Gasteiger partial charge in [0.2, 0.25) is 0 Å². The van der Waals surface area contributed by atoms with Crippen LogP contribution in [-0.2, 0) is 0 Å². The van der Waals surface area contributed by atoms with Crippen LogP contribution in [0.2, 0.25) is 0 Å². The molecule has 0 aliphatic heterocycles. The van der Waals surface area contributed by atoms with Crippen LogP contribution in [0.1, 0.15) is 21.5 Å². The Morgan fingerprint density at radius 2 is 1.72 bits per heavy atom. The maximum atomic E-state index is 12.8. The zero-order valence-electron chi connectivity index (χ0n) is 9.64. The maximum absolute atomic E-state index is 12.8. The summed E-state index contributed by atoms with van der Waals surface area (Å²) in [4.78, 5) is 12.1. The Morgan fingerprint density at radius 1 is 1.11 bits per heavy atom. The van der Waals surface area contributed by atoms with Gasteiger partial charge in [0.05, 0.1) is 5.56 Å². The van der Waals surface area contributed by atoms with E-state index in [1.807, 2.05) is 0 Å². The summed E-state index contributed by atoms with van der Waals surface area (Å²) in [6.45, 7) is 1.61. The molecule has 0 radical (unpaired) electrons. The molecule has 92 valence electrons. The van der Waals surface area contributed by atoms with Crippen LogP contribution < -0.4 is 0 Å². The molecular formula is C14H11FO3. The average Bonchev–Trinajstić information content (AvgIpc) is 2.28. The quantitative estimate of drug-likeness (QED) is 0.801. The molecule has 2 N–H and O–H groups in total. The van der Waals surface area contributed by atoms with Gasteiger partial charge < -0.3 is 10.2 Å².